The van der Waals surface area contributed by atoms with E-state index in [1.54, 1.807) is 5.32 Å². The number of halogens is 5. The molecule has 1 aliphatic heterocycles. The van der Waals surface area contributed by atoms with Gasteiger partial charge >= 0.3 is 6.18 Å². The lowest BCUT2D eigenvalue weighted by atomic mass is 9.96. The van der Waals surface area contributed by atoms with Crippen LogP contribution in [0.25, 0.3) is 0 Å². The summed E-state index contributed by atoms with van der Waals surface area (Å²) in [5.41, 5.74) is -3.95. The number of rotatable bonds is 0. The molecule has 3 nitrogen and oxygen atoms in total. The van der Waals surface area contributed by atoms with Crippen LogP contribution in [0, 0.1) is 11.6 Å². The first-order valence-electron chi connectivity index (χ1n) is 4.81. The van der Waals surface area contributed by atoms with Crippen LogP contribution >= 0.6 is 0 Å². The molecular formula is C10H7F5N2O. The number of carbonyl (C=O) groups excluding carboxylic acids is 1. The highest BCUT2D eigenvalue weighted by molar-refractivity contribution is 6.06. The second-order valence-corrected chi connectivity index (χ2v) is 3.99. The molecule has 0 fully saturated rings. The number of alkyl halides is 3. The molecule has 0 saturated heterocycles. The number of hydrogen-bond donors (Lipinski definition) is 2. The second-order valence-electron chi connectivity index (χ2n) is 3.99. The molecule has 1 atom stereocenters. The highest BCUT2D eigenvalue weighted by Crippen LogP contribution is 2.41. The van der Waals surface area contributed by atoms with E-state index in [1.807, 2.05) is 5.32 Å². The van der Waals surface area contributed by atoms with Crippen molar-refractivity contribution in [1.82, 2.24) is 0 Å². The Labute approximate surface area is 98.0 Å². The van der Waals surface area contributed by atoms with Crippen molar-refractivity contribution in [3.8, 4) is 0 Å². The number of benzene rings is 1. The minimum atomic E-state index is -4.95. The van der Waals surface area contributed by atoms with Gasteiger partial charge in [-0.2, -0.15) is 13.2 Å². The van der Waals surface area contributed by atoms with Gasteiger partial charge in [-0.3, -0.25) is 4.79 Å². The molecule has 0 aliphatic carbocycles. The molecule has 0 spiro atoms. The van der Waals surface area contributed by atoms with Crippen LogP contribution in [0.4, 0.5) is 33.3 Å². The Balaban J connectivity index is 2.56. The first-order chi connectivity index (χ1) is 8.17. The lowest BCUT2D eigenvalue weighted by Crippen LogP contribution is -2.60. The predicted octanol–water partition coefficient (Wildman–Crippen LogP) is 2.65. The van der Waals surface area contributed by atoms with Gasteiger partial charge in [-0.1, -0.05) is 0 Å². The maximum absolute atomic E-state index is 13.4. The molecule has 0 aromatic heterocycles. The Morgan fingerprint density at radius 1 is 1.22 bits per heavy atom. The number of amides is 1. The third-order valence-corrected chi connectivity index (χ3v) is 2.74. The number of anilines is 2. The predicted molar refractivity (Wildman–Crippen MR) is 53.1 cm³/mol. The van der Waals surface area contributed by atoms with E-state index in [0.717, 1.165) is 6.07 Å². The van der Waals surface area contributed by atoms with Crippen LogP contribution in [-0.4, -0.2) is 17.6 Å². The zero-order valence-corrected chi connectivity index (χ0v) is 8.95. The van der Waals surface area contributed by atoms with Crippen LogP contribution in [0.15, 0.2) is 12.1 Å². The molecule has 1 amide bonds. The van der Waals surface area contributed by atoms with Gasteiger partial charge < -0.3 is 10.6 Å². The van der Waals surface area contributed by atoms with Crippen LogP contribution in [-0.2, 0) is 4.79 Å². The number of hydrogen-bond acceptors (Lipinski definition) is 2. The minimum Gasteiger partial charge on any atom is -0.360 e. The average Bonchev–Trinajstić information content (AvgIpc) is 2.25. The quantitative estimate of drug-likeness (QED) is 0.709. The Morgan fingerprint density at radius 2 is 1.83 bits per heavy atom. The molecule has 1 aliphatic rings. The summed E-state index contributed by atoms with van der Waals surface area (Å²) in [5.74, 6) is -4.15. The van der Waals surface area contributed by atoms with E-state index in [1.165, 1.54) is 0 Å². The third-order valence-electron chi connectivity index (χ3n) is 2.74. The molecule has 0 radical (unpaired) electrons. The standard InChI is InChI=1S/C10H7F5N2O/c1-9(10(13,14)15)8(18)16-5-3-2-4(11)6(12)7(5)17-9/h2-3,17H,1H3,(H,16,18). The largest absolute Gasteiger partial charge is 0.420 e. The van der Waals surface area contributed by atoms with Gasteiger partial charge in [0.1, 0.15) is 0 Å². The molecule has 0 bridgehead atoms. The maximum Gasteiger partial charge on any atom is 0.420 e. The molecule has 0 saturated carbocycles. The van der Waals surface area contributed by atoms with E-state index in [-0.39, 0.29) is 5.69 Å². The summed E-state index contributed by atoms with van der Waals surface area (Å²) in [6.07, 6.45) is -4.95. The van der Waals surface area contributed by atoms with Crippen molar-refractivity contribution in [2.75, 3.05) is 10.6 Å². The third kappa shape index (κ3) is 1.59. The molecule has 18 heavy (non-hydrogen) atoms. The molecular weight excluding hydrogens is 259 g/mol. The van der Waals surface area contributed by atoms with Gasteiger partial charge in [0.2, 0.25) is 5.54 Å². The molecule has 2 N–H and O–H groups in total. The van der Waals surface area contributed by atoms with Crippen LogP contribution in [0.5, 0.6) is 0 Å². The summed E-state index contributed by atoms with van der Waals surface area (Å²) in [6, 6.07) is 1.70. The Morgan fingerprint density at radius 3 is 2.39 bits per heavy atom. The van der Waals surface area contributed by atoms with E-state index >= 15 is 0 Å². The van der Waals surface area contributed by atoms with Crippen molar-refractivity contribution >= 4 is 17.3 Å². The topological polar surface area (TPSA) is 41.1 Å². The summed E-state index contributed by atoms with van der Waals surface area (Å²) >= 11 is 0. The normalized spacial score (nSPS) is 23.1. The van der Waals surface area contributed by atoms with Gasteiger partial charge in [-0.15, -0.1) is 0 Å². The van der Waals surface area contributed by atoms with E-state index in [0.29, 0.717) is 13.0 Å². The fraction of sp³-hybridized carbons (Fsp3) is 0.300. The number of carbonyl (C=O) groups is 1. The summed E-state index contributed by atoms with van der Waals surface area (Å²) < 4.78 is 64.6. The Bertz CT molecular complexity index is 528. The zero-order valence-electron chi connectivity index (χ0n) is 8.95. The van der Waals surface area contributed by atoms with Crippen molar-refractivity contribution in [3.05, 3.63) is 23.8 Å². The van der Waals surface area contributed by atoms with E-state index in [4.69, 9.17) is 0 Å². The molecule has 1 aromatic carbocycles. The van der Waals surface area contributed by atoms with Crippen LogP contribution in [0.1, 0.15) is 6.92 Å². The van der Waals surface area contributed by atoms with Crippen molar-refractivity contribution in [1.29, 1.82) is 0 Å². The minimum absolute atomic E-state index is 0.236. The van der Waals surface area contributed by atoms with Gasteiger partial charge in [-0.25, -0.2) is 8.78 Å². The zero-order chi connectivity index (χ0) is 13.7. The average molecular weight is 266 g/mol. The molecule has 1 unspecified atom stereocenters. The van der Waals surface area contributed by atoms with Crippen LogP contribution in [0.2, 0.25) is 0 Å². The summed E-state index contributed by atoms with van der Waals surface area (Å²) in [5, 5.41) is 3.62. The highest BCUT2D eigenvalue weighted by Gasteiger charge is 2.59. The van der Waals surface area contributed by atoms with Gasteiger partial charge in [0, 0.05) is 0 Å². The summed E-state index contributed by atoms with van der Waals surface area (Å²) in [4.78, 5) is 11.4. The van der Waals surface area contributed by atoms with Gasteiger partial charge in [0.05, 0.1) is 11.4 Å². The molecule has 98 valence electrons. The first kappa shape index (κ1) is 12.6. The van der Waals surface area contributed by atoms with Crippen LogP contribution in [0.3, 0.4) is 0 Å². The van der Waals surface area contributed by atoms with Crippen molar-refractivity contribution in [2.45, 2.75) is 18.6 Å². The maximum atomic E-state index is 13.4. The van der Waals surface area contributed by atoms with Gasteiger partial charge in [-0.05, 0) is 19.1 Å². The van der Waals surface area contributed by atoms with Crippen molar-refractivity contribution < 1.29 is 26.7 Å². The highest BCUT2D eigenvalue weighted by atomic mass is 19.4. The number of nitrogens with one attached hydrogen (secondary N) is 2. The fourth-order valence-corrected chi connectivity index (χ4v) is 1.53. The number of fused-ring (bicyclic) bond motifs is 1. The lowest BCUT2D eigenvalue weighted by molar-refractivity contribution is -0.179. The van der Waals surface area contributed by atoms with Gasteiger partial charge in [0.25, 0.3) is 5.91 Å². The van der Waals surface area contributed by atoms with E-state index in [2.05, 4.69) is 0 Å². The molecule has 1 heterocycles. The Hall–Kier alpha value is -1.86. The molecule has 8 heteroatoms. The van der Waals surface area contributed by atoms with E-state index < -0.39 is 34.9 Å². The molecule has 1 aromatic rings. The second kappa shape index (κ2) is 3.56. The summed E-state index contributed by atoms with van der Waals surface area (Å²) in [6.45, 7) is 0.551. The van der Waals surface area contributed by atoms with E-state index in [9.17, 15) is 26.7 Å². The summed E-state index contributed by atoms with van der Waals surface area (Å²) in [7, 11) is 0. The monoisotopic (exact) mass is 266 g/mol. The fourth-order valence-electron chi connectivity index (χ4n) is 1.53. The SMILES string of the molecule is CC1(C(F)(F)F)Nc2c(ccc(F)c2F)NC1=O. The van der Waals surface area contributed by atoms with Crippen LogP contribution < -0.4 is 10.6 Å². The Kier molecular flexibility index (Phi) is 2.49. The smallest absolute Gasteiger partial charge is 0.360 e. The molecule has 2 rings (SSSR count). The first-order valence-corrected chi connectivity index (χ1v) is 4.81. The lowest BCUT2D eigenvalue weighted by Gasteiger charge is -2.37. The van der Waals surface area contributed by atoms with Crippen molar-refractivity contribution in [2.24, 2.45) is 0 Å². The van der Waals surface area contributed by atoms with Gasteiger partial charge in [0.15, 0.2) is 11.6 Å². The van der Waals surface area contributed by atoms with Crippen molar-refractivity contribution in [3.63, 3.8) is 0 Å².